The number of rotatable bonds is 5. The van der Waals surface area contributed by atoms with Crippen LogP contribution in [-0.2, 0) is 22.4 Å². The number of aromatic nitrogens is 1. The second kappa shape index (κ2) is 7.94. The Morgan fingerprint density at radius 2 is 2.00 bits per heavy atom. The molecule has 0 aliphatic carbocycles. The van der Waals surface area contributed by atoms with E-state index in [4.69, 9.17) is 9.15 Å². The molecule has 0 saturated carbocycles. The first-order valence-corrected chi connectivity index (χ1v) is 9.38. The van der Waals surface area contributed by atoms with Gasteiger partial charge in [0.15, 0.2) is 0 Å². The third-order valence-corrected chi connectivity index (χ3v) is 5.13. The predicted octanol–water partition coefficient (Wildman–Crippen LogP) is 2.41. The van der Waals surface area contributed by atoms with Gasteiger partial charge in [-0.25, -0.2) is 4.79 Å². The summed E-state index contributed by atoms with van der Waals surface area (Å²) in [7, 11) is 0. The van der Waals surface area contributed by atoms with Gasteiger partial charge in [-0.15, -0.1) is 0 Å². The Morgan fingerprint density at radius 3 is 2.82 bits per heavy atom. The summed E-state index contributed by atoms with van der Waals surface area (Å²) in [5.74, 6) is 0.0919. The summed E-state index contributed by atoms with van der Waals surface area (Å²) in [6, 6.07) is 11.0. The van der Waals surface area contributed by atoms with Gasteiger partial charge in [-0.2, -0.15) is 0 Å². The lowest BCUT2D eigenvalue weighted by atomic mass is 9.95. The minimum atomic E-state index is -0.444. The Labute approximate surface area is 162 Å². The summed E-state index contributed by atoms with van der Waals surface area (Å²) < 4.78 is 10.9. The fraction of sp³-hybridized carbons (Fsp3) is 0.318. The van der Waals surface area contributed by atoms with Crippen LogP contribution < -0.4 is 10.9 Å². The van der Waals surface area contributed by atoms with Crippen LogP contribution in [0.2, 0.25) is 0 Å². The number of pyridine rings is 1. The zero-order valence-corrected chi connectivity index (χ0v) is 15.7. The molecule has 1 fully saturated rings. The molecular formula is C22H22N2O4. The molecule has 1 saturated heterocycles. The fourth-order valence-corrected chi connectivity index (χ4v) is 3.70. The Kier molecular flexibility index (Phi) is 5.21. The van der Waals surface area contributed by atoms with Crippen LogP contribution in [0.1, 0.15) is 16.7 Å². The highest BCUT2D eigenvalue weighted by molar-refractivity contribution is 5.87. The quantitative estimate of drug-likeness (QED) is 0.690. The van der Waals surface area contributed by atoms with Gasteiger partial charge >= 0.3 is 5.63 Å². The molecule has 3 heterocycles. The topological polar surface area (TPSA) is 81.4 Å². The molecular weight excluding hydrogens is 356 g/mol. The van der Waals surface area contributed by atoms with Crippen molar-refractivity contribution in [1.29, 1.82) is 0 Å². The first-order valence-electron chi connectivity index (χ1n) is 9.38. The number of carbonyl (C=O) groups is 1. The average molecular weight is 378 g/mol. The molecule has 6 nitrogen and oxygen atoms in total. The summed E-state index contributed by atoms with van der Waals surface area (Å²) in [5, 5.41) is 3.87. The highest BCUT2D eigenvalue weighted by Crippen LogP contribution is 2.21. The monoisotopic (exact) mass is 378 g/mol. The average Bonchev–Trinajstić information content (AvgIpc) is 3.08. The molecule has 6 heteroatoms. The number of hydrogen-bond donors (Lipinski definition) is 1. The molecule has 1 aliphatic heterocycles. The minimum absolute atomic E-state index is 0.0469. The fourth-order valence-electron chi connectivity index (χ4n) is 3.70. The Hall–Kier alpha value is -2.99. The van der Waals surface area contributed by atoms with Crippen LogP contribution in [0.25, 0.3) is 11.0 Å². The van der Waals surface area contributed by atoms with Crippen LogP contribution in [-0.4, -0.2) is 30.1 Å². The van der Waals surface area contributed by atoms with Gasteiger partial charge < -0.3 is 14.5 Å². The lowest BCUT2D eigenvalue weighted by Gasteiger charge is -2.19. The van der Waals surface area contributed by atoms with Crippen molar-refractivity contribution in [1.82, 2.24) is 10.3 Å². The zero-order chi connectivity index (χ0) is 19.5. The van der Waals surface area contributed by atoms with Gasteiger partial charge in [-0.05, 0) is 48.2 Å². The van der Waals surface area contributed by atoms with E-state index in [1.807, 2.05) is 37.3 Å². The van der Waals surface area contributed by atoms with Gasteiger partial charge in [0.1, 0.15) is 5.58 Å². The van der Waals surface area contributed by atoms with E-state index in [-0.39, 0.29) is 24.3 Å². The maximum Gasteiger partial charge on any atom is 0.336 e. The molecule has 4 rings (SSSR count). The number of nitrogens with one attached hydrogen (secondary N) is 1. The van der Waals surface area contributed by atoms with Crippen molar-refractivity contribution in [3.8, 4) is 0 Å². The zero-order valence-electron chi connectivity index (χ0n) is 15.7. The van der Waals surface area contributed by atoms with Crippen LogP contribution >= 0.6 is 0 Å². The molecule has 0 unspecified atom stereocenters. The van der Waals surface area contributed by atoms with Crippen molar-refractivity contribution in [3.63, 3.8) is 0 Å². The molecule has 0 radical (unpaired) electrons. The van der Waals surface area contributed by atoms with Gasteiger partial charge in [-0.3, -0.25) is 9.78 Å². The van der Waals surface area contributed by atoms with E-state index in [9.17, 15) is 9.59 Å². The first kappa shape index (κ1) is 18.4. The lowest BCUT2D eigenvalue weighted by Crippen LogP contribution is -2.41. The summed E-state index contributed by atoms with van der Waals surface area (Å²) in [6.45, 7) is 3.05. The molecule has 2 atom stereocenters. The van der Waals surface area contributed by atoms with E-state index in [1.165, 1.54) is 11.6 Å². The number of hydrogen-bond acceptors (Lipinski definition) is 5. The summed E-state index contributed by atoms with van der Waals surface area (Å²) in [5.41, 5.74) is 2.91. The van der Waals surface area contributed by atoms with Crippen LogP contribution in [0.15, 0.2) is 58.0 Å². The predicted molar refractivity (Wildman–Crippen MR) is 105 cm³/mol. The molecule has 1 aromatic carbocycles. The summed E-state index contributed by atoms with van der Waals surface area (Å²) in [6.07, 6.45) is 4.49. The normalized spacial score (nSPS) is 19.0. The number of fused-ring (bicyclic) bond motifs is 1. The molecule has 2 aromatic heterocycles. The third-order valence-electron chi connectivity index (χ3n) is 5.13. The lowest BCUT2D eigenvalue weighted by molar-refractivity contribution is -0.121. The maximum atomic E-state index is 12.7. The van der Waals surface area contributed by atoms with Gasteiger partial charge in [-0.1, -0.05) is 12.1 Å². The number of amides is 1. The van der Waals surface area contributed by atoms with Crippen LogP contribution in [0.3, 0.4) is 0 Å². The van der Waals surface area contributed by atoms with E-state index in [0.717, 1.165) is 17.4 Å². The van der Waals surface area contributed by atoms with Gasteiger partial charge in [0.05, 0.1) is 25.7 Å². The number of nitrogens with zero attached hydrogens (tertiary/aromatic N) is 1. The van der Waals surface area contributed by atoms with E-state index < -0.39 is 5.63 Å². The van der Waals surface area contributed by atoms with E-state index in [0.29, 0.717) is 24.4 Å². The molecule has 0 bridgehead atoms. The Balaban J connectivity index is 1.47. The van der Waals surface area contributed by atoms with Crippen molar-refractivity contribution in [2.24, 2.45) is 5.92 Å². The summed E-state index contributed by atoms with van der Waals surface area (Å²) in [4.78, 5) is 28.6. The molecule has 28 heavy (non-hydrogen) atoms. The first-order chi connectivity index (χ1) is 13.6. The summed E-state index contributed by atoms with van der Waals surface area (Å²) >= 11 is 0. The standard InChI is InChI=1S/C22H22N2O4/c1-14-2-3-18-16(11-22(26)28-20(18)8-14)10-21(25)24-19-13-27-12-17(19)9-15-4-6-23-7-5-15/h2-8,11,17,19H,9-10,12-13H2,1H3,(H,24,25)/t17-,19-/m1/s1. The highest BCUT2D eigenvalue weighted by atomic mass is 16.5. The van der Waals surface area contributed by atoms with Gasteiger partial charge in [0.25, 0.3) is 0 Å². The second-order valence-corrected chi connectivity index (χ2v) is 7.30. The van der Waals surface area contributed by atoms with E-state index in [1.54, 1.807) is 12.4 Å². The van der Waals surface area contributed by atoms with E-state index >= 15 is 0 Å². The minimum Gasteiger partial charge on any atom is -0.423 e. The molecule has 1 aliphatic rings. The molecule has 0 spiro atoms. The van der Waals surface area contributed by atoms with Gasteiger partial charge in [0.2, 0.25) is 5.91 Å². The smallest absolute Gasteiger partial charge is 0.336 e. The maximum absolute atomic E-state index is 12.7. The van der Waals surface area contributed by atoms with Crippen molar-refractivity contribution >= 4 is 16.9 Å². The van der Waals surface area contributed by atoms with Crippen molar-refractivity contribution < 1.29 is 13.9 Å². The van der Waals surface area contributed by atoms with Crippen molar-refractivity contribution in [2.45, 2.75) is 25.8 Å². The highest BCUT2D eigenvalue weighted by Gasteiger charge is 2.29. The van der Waals surface area contributed by atoms with Crippen LogP contribution in [0.4, 0.5) is 0 Å². The molecule has 1 amide bonds. The van der Waals surface area contributed by atoms with Gasteiger partial charge in [0, 0.05) is 29.8 Å². The molecule has 1 N–H and O–H groups in total. The van der Waals surface area contributed by atoms with Crippen LogP contribution in [0, 0.1) is 12.8 Å². The van der Waals surface area contributed by atoms with Crippen LogP contribution in [0.5, 0.6) is 0 Å². The second-order valence-electron chi connectivity index (χ2n) is 7.30. The number of aryl methyl sites for hydroxylation is 1. The molecule has 3 aromatic rings. The third kappa shape index (κ3) is 4.12. The largest absolute Gasteiger partial charge is 0.423 e. The number of carbonyl (C=O) groups excluding carboxylic acids is 1. The Bertz CT molecular complexity index is 1050. The number of benzene rings is 1. The van der Waals surface area contributed by atoms with E-state index in [2.05, 4.69) is 10.3 Å². The molecule has 144 valence electrons. The number of ether oxygens (including phenoxy) is 1. The van der Waals surface area contributed by atoms with Crippen molar-refractivity contribution in [2.75, 3.05) is 13.2 Å². The Morgan fingerprint density at radius 1 is 1.18 bits per heavy atom. The van der Waals surface area contributed by atoms with Crippen molar-refractivity contribution in [3.05, 3.63) is 75.9 Å². The SMILES string of the molecule is Cc1ccc2c(CC(=O)N[C@@H]3COC[C@H]3Cc3ccncc3)cc(=O)oc2c1.